The highest BCUT2D eigenvalue weighted by Crippen LogP contribution is 2.13. The number of ether oxygens (including phenoxy) is 3. The largest absolute Gasteiger partial charge is 0.462 e. The van der Waals surface area contributed by atoms with Crippen LogP contribution in [0, 0.1) is 0 Å². The summed E-state index contributed by atoms with van der Waals surface area (Å²) in [6.45, 7) is 6.33. The van der Waals surface area contributed by atoms with Crippen molar-refractivity contribution in [2.75, 3.05) is 13.2 Å². The van der Waals surface area contributed by atoms with Crippen molar-refractivity contribution in [1.29, 1.82) is 0 Å². The van der Waals surface area contributed by atoms with Crippen LogP contribution in [0.25, 0.3) is 0 Å². The number of esters is 3. The molecule has 0 aliphatic carbocycles. The van der Waals surface area contributed by atoms with E-state index in [0.717, 1.165) is 96.3 Å². The zero-order valence-electron chi connectivity index (χ0n) is 37.1. The molecule has 1 unspecified atom stereocenters. The second-order valence-electron chi connectivity index (χ2n) is 15.2. The van der Waals surface area contributed by atoms with Gasteiger partial charge in [-0.1, -0.05) is 171 Å². The molecule has 0 aliphatic rings. The monoisotopic (exact) mass is 795 g/mol. The lowest BCUT2D eigenvalue weighted by atomic mass is 10.1. The van der Waals surface area contributed by atoms with E-state index >= 15 is 0 Å². The van der Waals surface area contributed by atoms with E-state index in [0.29, 0.717) is 25.7 Å². The van der Waals surface area contributed by atoms with E-state index in [-0.39, 0.29) is 31.1 Å². The summed E-state index contributed by atoms with van der Waals surface area (Å²) in [7, 11) is 0. The maximum absolute atomic E-state index is 12.7. The number of hydrogen-bond acceptors (Lipinski definition) is 6. The Kier molecular flexibility index (Phi) is 43.0. The Morgan fingerprint density at radius 2 is 0.702 bits per heavy atom. The Bertz CT molecular complexity index is 1100. The first-order valence-corrected chi connectivity index (χ1v) is 23.4. The van der Waals surface area contributed by atoms with Crippen LogP contribution in [0.5, 0.6) is 0 Å². The molecular formula is C51H86O6. The third kappa shape index (κ3) is 43.8. The smallest absolute Gasteiger partial charge is 0.306 e. The summed E-state index contributed by atoms with van der Waals surface area (Å²) in [6, 6.07) is 0. The summed E-state index contributed by atoms with van der Waals surface area (Å²) < 4.78 is 16.7. The predicted octanol–water partition coefficient (Wildman–Crippen LogP) is 15.1. The van der Waals surface area contributed by atoms with Crippen molar-refractivity contribution in [2.45, 2.75) is 219 Å². The Balaban J connectivity index is 4.40. The molecule has 0 spiro atoms. The Labute approximate surface area is 351 Å². The summed E-state index contributed by atoms with van der Waals surface area (Å²) in [4.78, 5) is 37.7. The fourth-order valence-corrected chi connectivity index (χ4v) is 6.20. The van der Waals surface area contributed by atoms with Crippen molar-refractivity contribution in [3.8, 4) is 0 Å². The SMILES string of the molecule is CC/C=C\C/C=C\C/C=C\CCCCCCCCC(=O)OCC(COC(=O)CCC/C=C\CCCCCC)OC(=O)CCCCCCCCC/C=C\C/C=C\CC. The normalized spacial score (nSPS) is 12.7. The van der Waals surface area contributed by atoms with E-state index in [1.165, 1.54) is 70.6 Å². The maximum Gasteiger partial charge on any atom is 0.306 e. The summed E-state index contributed by atoms with van der Waals surface area (Å²) in [5.74, 6) is -0.956. The molecule has 0 aromatic rings. The van der Waals surface area contributed by atoms with Gasteiger partial charge in [-0.25, -0.2) is 0 Å². The van der Waals surface area contributed by atoms with Crippen molar-refractivity contribution in [3.63, 3.8) is 0 Å². The highest BCUT2D eigenvalue weighted by Gasteiger charge is 2.19. The summed E-state index contributed by atoms with van der Waals surface area (Å²) in [5.41, 5.74) is 0. The summed E-state index contributed by atoms with van der Waals surface area (Å²) >= 11 is 0. The molecule has 0 fully saturated rings. The number of unbranched alkanes of at least 4 members (excludes halogenated alkanes) is 18. The molecule has 0 radical (unpaired) electrons. The van der Waals surface area contributed by atoms with Crippen LogP contribution in [-0.2, 0) is 28.6 Å². The minimum atomic E-state index is -0.793. The number of rotatable bonds is 41. The highest BCUT2D eigenvalue weighted by molar-refractivity contribution is 5.71. The molecule has 0 amide bonds. The van der Waals surface area contributed by atoms with Gasteiger partial charge in [0.05, 0.1) is 0 Å². The molecule has 0 rings (SSSR count). The van der Waals surface area contributed by atoms with Crippen LogP contribution < -0.4 is 0 Å². The predicted molar refractivity (Wildman–Crippen MR) is 242 cm³/mol. The van der Waals surface area contributed by atoms with Crippen molar-refractivity contribution < 1.29 is 28.6 Å². The minimum Gasteiger partial charge on any atom is -0.462 e. The van der Waals surface area contributed by atoms with Crippen LogP contribution in [0.15, 0.2) is 72.9 Å². The van der Waals surface area contributed by atoms with Crippen LogP contribution in [0.4, 0.5) is 0 Å². The van der Waals surface area contributed by atoms with Gasteiger partial charge in [0.1, 0.15) is 13.2 Å². The van der Waals surface area contributed by atoms with Crippen molar-refractivity contribution in [1.82, 2.24) is 0 Å². The number of carbonyl (C=O) groups excluding carboxylic acids is 3. The average Bonchev–Trinajstić information content (AvgIpc) is 3.21. The number of carbonyl (C=O) groups is 3. The first-order chi connectivity index (χ1) is 28.0. The molecule has 6 nitrogen and oxygen atoms in total. The van der Waals surface area contributed by atoms with Crippen LogP contribution >= 0.6 is 0 Å². The van der Waals surface area contributed by atoms with Crippen LogP contribution in [0.3, 0.4) is 0 Å². The van der Waals surface area contributed by atoms with Gasteiger partial charge in [-0.05, 0) is 96.3 Å². The molecule has 6 heteroatoms. The van der Waals surface area contributed by atoms with Crippen LogP contribution in [-0.4, -0.2) is 37.2 Å². The first kappa shape index (κ1) is 53.9. The molecular weight excluding hydrogens is 709 g/mol. The van der Waals surface area contributed by atoms with E-state index in [4.69, 9.17) is 14.2 Å². The second-order valence-corrected chi connectivity index (χ2v) is 15.2. The molecule has 1 atom stereocenters. The van der Waals surface area contributed by atoms with Crippen molar-refractivity contribution in [3.05, 3.63) is 72.9 Å². The molecule has 0 aromatic carbocycles. The zero-order chi connectivity index (χ0) is 41.5. The molecule has 0 aromatic heterocycles. The number of allylic oxidation sites excluding steroid dienone is 12. The highest BCUT2D eigenvalue weighted by atomic mass is 16.6. The van der Waals surface area contributed by atoms with Gasteiger partial charge in [0.2, 0.25) is 0 Å². The van der Waals surface area contributed by atoms with Gasteiger partial charge in [-0.2, -0.15) is 0 Å². The van der Waals surface area contributed by atoms with Crippen molar-refractivity contribution in [2.24, 2.45) is 0 Å². The Morgan fingerprint density at radius 1 is 0.368 bits per heavy atom. The standard InChI is InChI=1S/C51H86O6/c1-4-7-10-13-16-19-21-23-25-26-28-29-32-35-38-41-44-50(53)56-47-48(46-55-49(52)43-40-37-34-31-18-15-12-9-6-3)57-51(54)45-42-39-36-33-30-27-24-22-20-17-14-11-8-5-2/h7-8,10-11,16-17,19-20,23,25,31,34,48H,4-6,9,12-15,18,21-22,24,26-30,32-33,35-47H2,1-3H3/b10-7-,11-8-,19-16-,20-17-,25-23-,34-31-. The lowest BCUT2D eigenvalue weighted by Crippen LogP contribution is -2.30. The maximum atomic E-state index is 12.7. The van der Waals surface area contributed by atoms with E-state index < -0.39 is 6.10 Å². The molecule has 0 bridgehead atoms. The average molecular weight is 795 g/mol. The van der Waals surface area contributed by atoms with Gasteiger partial charge in [-0.3, -0.25) is 14.4 Å². The molecule has 0 saturated carbocycles. The van der Waals surface area contributed by atoms with Gasteiger partial charge >= 0.3 is 17.9 Å². The summed E-state index contributed by atoms with van der Waals surface area (Å²) in [6.07, 6.45) is 56.1. The molecule has 0 aliphatic heterocycles. The molecule has 0 heterocycles. The van der Waals surface area contributed by atoms with E-state index in [1.54, 1.807) is 0 Å². The molecule has 0 saturated heterocycles. The Morgan fingerprint density at radius 3 is 1.16 bits per heavy atom. The van der Waals surface area contributed by atoms with E-state index in [1.807, 2.05) is 0 Å². The lowest BCUT2D eigenvalue weighted by Gasteiger charge is -2.18. The lowest BCUT2D eigenvalue weighted by molar-refractivity contribution is -0.167. The summed E-state index contributed by atoms with van der Waals surface area (Å²) in [5, 5.41) is 0. The minimum absolute atomic E-state index is 0.0948. The zero-order valence-corrected chi connectivity index (χ0v) is 37.1. The van der Waals surface area contributed by atoms with Gasteiger partial charge in [-0.15, -0.1) is 0 Å². The second kappa shape index (κ2) is 45.6. The van der Waals surface area contributed by atoms with E-state index in [9.17, 15) is 14.4 Å². The first-order valence-electron chi connectivity index (χ1n) is 23.4. The quantitative estimate of drug-likeness (QED) is 0.0265. The topological polar surface area (TPSA) is 78.9 Å². The van der Waals surface area contributed by atoms with Gasteiger partial charge in [0.15, 0.2) is 6.10 Å². The number of hydrogen-bond donors (Lipinski definition) is 0. The van der Waals surface area contributed by atoms with Gasteiger partial charge in [0, 0.05) is 19.3 Å². The molecule has 0 N–H and O–H groups in total. The third-order valence-corrected chi connectivity index (χ3v) is 9.68. The fraction of sp³-hybridized carbons (Fsp3) is 0.706. The molecule has 57 heavy (non-hydrogen) atoms. The molecule has 326 valence electrons. The van der Waals surface area contributed by atoms with Crippen molar-refractivity contribution >= 4 is 17.9 Å². The van der Waals surface area contributed by atoms with Gasteiger partial charge in [0.25, 0.3) is 0 Å². The fourth-order valence-electron chi connectivity index (χ4n) is 6.20. The Hall–Kier alpha value is -3.15. The van der Waals surface area contributed by atoms with Crippen LogP contribution in [0.1, 0.15) is 213 Å². The van der Waals surface area contributed by atoms with Crippen LogP contribution in [0.2, 0.25) is 0 Å². The van der Waals surface area contributed by atoms with E-state index in [2.05, 4.69) is 93.7 Å². The van der Waals surface area contributed by atoms with Gasteiger partial charge < -0.3 is 14.2 Å². The third-order valence-electron chi connectivity index (χ3n) is 9.68.